The van der Waals surface area contributed by atoms with Crippen LogP contribution in [0.4, 0.5) is 0 Å². The second-order valence-corrected chi connectivity index (χ2v) is 9.44. The Labute approximate surface area is 150 Å². The molecule has 0 unspecified atom stereocenters. The molecule has 4 aliphatic heterocycles. The fraction of sp³-hybridized carbons (Fsp3) is 0.947. The van der Waals surface area contributed by atoms with Gasteiger partial charge in [0, 0.05) is 25.6 Å². The molecule has 4 nitrogen and oxygen atoms in total. The number of thioether (sulfide) groups is 1. The van der Waals surface area contributed by atoms with Gasteiger partial charge in [-0.3, -0.25) is 4.79 Å². The monoisotopic (exact) mass is 352 g/mol. The van der Waals surface area contributed by atoms with Gasteiger partial charge < -0.3 is 14.5 Å². The normalized spacial score (nSPS) is 35.8. The highest BCUT2D eigenvalue weighted by molar-refractivity contribution is 7.99. The van der Waals surface area contributed by atoms with E-state index in [0.29, 0.717) is 12.0 Å². The predicted octanol–water partition coefficient (Wildman–Crippen LogP) is 2.77. The van der Waals surface area contributed by atoms with E-state index in [0.717, 1.165) is 56.8 Å². The van der Waals surface area contributed by atoms with Gasteiger partial charge in [-0.15, -0.1) is 0 Å². The van der Waals surface area contributed by atoms with Crippen molar-refractivity contribution in [3.05, 3.63) is 0 Å². The molecule has 1 amide bonds. The topological polar surface area (TPSA) is 32.8 Å². The second kappa shape index (κ2) is 7.55. The first-order chi connectivity index (χ1) is 11.7. The van der Waals surface area contributed by atoms with Gasteiger partial charge in [-0.05, 0) is 76.0 Å². The summed E-state index contributed by atoms with van der Waals surface area (Å²) in [7, 11) is 0. The van der Waals surface area contributed by atoms with Gasteiger partial charge in [-0.25, -0.2) is 0 Å². The van der Waals surface area contributed by atoms with Crippen molar-refractivity contribution >= 4 is 17.7 Å². The lowest BCUT2D eigenvalue weighted by Crippen LogP contribution is -2.47. The van der Waals surface area contributed by atoms with Crippen LogP contribution >= 0.6 is 11.8 Å². The number of hydrogen-bond donors (Lipinski definition) is 0. The van der Waals surface area contributed by atoms with E-state index in [9.17, 15) is 4.79 Å². The predicted molar refractivity (Wildman–Crippen MR) is 98.4 cm³/mol. The Morgan fingerprint density at radius 1 is 1.04 bits per heavy atom. The van der Waals surface area contributed by atoms with Crippen molar-refractivity contribution in [2.75, 3.05) is 44.2 Å². The van der Waals surface area contributed by atoms with Crippen LogP contribution in [0.2, 0.25) is 0 Å². The van der Waals surface area contributed by atoms with E-state index in [2.05, 4.69) is 9.80 Å². The number of amides is 1. The molecular formula is C19H32N2O2S. The number of ether oxygens (including phenoxy) is 1. The van der Waals surface area contributed by atoms with E-state index in [1.54, 1.807) is 0 Å². The van der Waals surface area contributed by atoms with Gasteiger partial charge in [0.2, 0.25) is 5.91 Å². The fourth-order valence-corrected chi connectivity index (χ4v) is 6.15. The van der Waals surface area contributed by atoms with E-state index < -0.39 is 0 Å². The molecule has 4 saturated heterocycles. The quantitative estimate of drug-likeness (QED) is 0.782. The first-order valence-electron chi connectivity index (χ1n) is 10.0. The Kier molecular flexibility index (Phi) is 5.40. The molecule has 0 saturated carbocycles. The van der Waals surface area contributed by atoms with Crippen molar-refractivity contribution in [1.29, 1.82) is 0 Å². The van der Waals surface area contributed by atoms with Crippen molar-refractivity contribution in [2.45, 2.75) is 63.1 Å². The largest absolute Gasteiger partial charge is 0.369 e. The van der Waals surface area contributed by atoms with Crippen LogP contribution in [-0.4, -0.2) is 71.6 Å². The summed E-state index contributed by atoms with van der Waals surface area (Å²) in [6.07, 6.45) is 9.89. The summed E-state index contributed by atoms with van der Waals surface area (Å²) in [6, 6.07) is 0. The molecule has 5 heteroatoms. The van der Waals surface area contributed by atoms with E-state index in [1.807, 2.05) is 11.8 Å². The number of carbonyl (C=O) groups is 1. The Morgan fingerprint density at radius 2 is 1.83 bits per heavy atom. The summed E-state index contributed by atoms with van der Waals surface area (Å²) < 4.78 is 6.62. The van der Waals surface area contributed by atoms with Gasteiger partial charge in [0.1, 0.15) is 0 Å². The number of likely N-dealkylation sites (tertiary alicyclic amines) is 2. The smallest absolute Gasteiger partial charge is 0.225 e. The van der Waals surface area contributed by atoms with Gasteiger partial charge in [-0.1, -0.05) is 0 Å². The molecule has 0 N–H and O–H groups in total. The number of rotatable bonds is 3. The molecule has 2 atom stereocenters. The Bertz CT molecular complexity index is 449. The van der Waals surface area contributed by atoms with Crippen LogP contribution in [0.15, 0.2) is 0 Å². The summed E-state index contributed by atoms with van der Waals surface area (Å²) in [5.41, 5.74) is -0.0261. The van der Waals surface area contributed by atoms with Crippen LogP contribution in [0.25, 0.3) is 0 Å². The van der Waals surface area contributed by atoms with Crippen molar-refractivity contribution in [3.63, 3.8) is 0 Å². The molecule has 0 aromatic rings. The van der Waals surface area contributed by atoms with Crippen LogP contribution in [0.1, 0.15) is 51.4 Å². The van der Waals surface area contributed by atoms with Gasteiger partial charge in [0.25, 0.3) is 0 Å². The summed E-state index contributed by atoms with van der Waals surface area (Å²) in [6.45, 7) is 5.37. The van der Waals surface area contributed by atoms with Crippen LogP contribution in [0.5, 0.6) is 0 Å². The Balaban J connectivity index is 1.32. The van der Waals surface area contributed by atoms with Crippen LogP contribution in [0, 0.1) is 5.92 Å². The molecule has 1 spiro atoms. The highest BCUT2D eigenvalue weighted by Crippen LogP contribution is 2.38. The average molecular weight is 353 g/mol. The maximum absolute atomic E-state index is 12.8. The van der Waals surface area contributed by atoms with Crippen LogP contribution in [0.3, 0.4) is 0 Å². The maximum atomic E-state index is 12.8. The molecule has 0 radical (unpaired) electrons. The van der Waals surface area contributed by atoms with Crippen molar-refractivity contribution in [2.24, 2.45) is 5.92 Å². The minimum atomic E-state index is -0.0261. The standard InChI is InChI=1S/C19H32N2O2S/c22-18(16-5-12-24-13-6-16)21-11-8-19(15-21)7-3-4-17(23-19)14-20-9-1-2-10-20/h16-17H,1-15H2/t17-,19+/m0/s1. The highest BCUT2D eigenvalue weighted by atomic mass is 32.2. The molecule has 0 aromatic carbocycles. The zero-order valence-electron chi connectivity index (χ0n) is 14.9. The van der Waals surface area contributed by atoms with Gasteiger partial charge in [0.15, 0.2) is 0 Å². The van der Waals surface area contributed by atoms with Crippen molar-refractivity contribution in [3.8, 4) is 0 Å². The molecule has 0 aliphatic carbocycles. The van der Waals surface area contributed by atoms with Gasteiger partial charge in [-0.2, -0.15) is 11.8 Å². The minimum absolute atomic E-state index is 0.0261. The molecule has 136 valence electrons. The highest BCUT2D eigenvalue weighted by Gasteiger charge is 2.45. The first-order valence-corrected chi connectivity index (χ1v) is 11.2. The van der Waals surface area contributed by atoms with Crippen LogP contribution in [-0.2, 0) is 9.53 Å². The van der Waals surface area contributed by atoms with Crippen molar-refractivity contribution in [1.82, 2.24) is 9.80 Å². The van der Waals surface area contributed by atoms with Crippen LogP contribution < -0.4 is 0 Å². The van der Waals surface area contributed by atoms with Crippen molar-refractivity contribution < 1.29 is 9.53 Å². The minimum Gasteiger partial charge on any atom is -0.369 e. The summed E-state index contributed by atoms with van der Waals surface area (Å²) in [5, 5.41) is 0. The first kappa shape index (κ1) is 17.2. The molecule has 4 aliphatic rings. The molecule has 0 aromatic heterocycles. The van der Waals surface area contributed by atoms with E-state index >= 15 is 0 Å². The van der Waals surface area contributed by atoms with Gasteiger partial charge >= 0.3 is 0 Å². The number of hydrogen-bond acceptors (Lipinski definition) is 4. The van der Waals surface area contributed by atoms with E-state index in [-0.39, 0.29) is 11.5 Å². The lowest BCUT2D eigenvalue weighted by atomic mass is 9.90. The lowest BCUT2D eigenvalue weighted by molar-refractivity contribution is -0.143. The molecule has 0 bridgehead atoms. The lowest BCUT2D eigenvalue weighted by Gasteiger charge is -2.40. The third-order valence-electron chi connectivity index (χ3n) is 6.43. The average Bonchev–Trinajstić information content (AvgIpc) is 3.26. The zero-order valence-corrected chi connectivity index (χ0v) is 15.7. The summed E-state index contributed by atoms with van der Waals surface area (Å²) in [5.74, 6) is 3.01. The summed E-state index contributed by atoms with van der Waals surface area (Å²) >= 11 is 2.00. The van der Waals surface area contributed by atoms with E-state index in [4.69, 9.17) is 4.74 Å². The fourth-order valence-electron chi connectivity index (χ4n) is 5.04. The third kappa shape index (κ3) is 3.78. The molecule has 4 heterocycles. The second-order valence-electron chi connectivity index (χ2n) is 8.22. The molecular weight excluding hydrogens is 320 g/mol. The Morgan fingerprint density at radius 3 is 2.62 bits per heavy atom. The number of carbonyl (C=O) groups excluding carboxylic acids is 1. The maximum Gasteiger partial charge on any atom is 0.225 e. The van der Waals surface area contributed by atoms with Gasteiger partial charge in [0.05, 0.1) is 11.7 Å². The molecule has 4 fully saturated rings. The molecule has 24 heavy (non-hydrogen) atoms. The zero-order chi connectivity index (χ0) is 16.4. The SMILES string of the molecule is O=C(C1CCSCC1)N1CC[C@]2(CCC[C@@H](CN3CCCC3)O2)C1. The Hall–Kier alpha value is -0.260. The molecule has 4 rings (SSSR count). The third-order valence-corrected chi connectivity index (χ3v) is 7.48. The number of nitrogens with zero attached hydrogens (tertiary/aromatic N) is 2. The van der Waals surface area contributed by atoms with E-state index in [1.165, 1.54) is 38.8 Å². The summed E-state index contributed by atoms with van der Waals surface area (Å²) in [4.78, 5) is 17.5.